The molecule has 1 heterocycles. The predicted molar refractivity (Wildman–Crippen MR) is 65.2 cm³/mol. The molecule has 2 rings (SSSR count). The SMILES string of the molecule is Cc1ccc(C)c(C(CC2COC2)C(=O)O)c1. The van der Waals surface area contributed by atoms with Crippen molar-refractivity contribution in [1.82, 2.24) is 0 Å². The first-order valence-corrected chi connectivity index (χ1v) is 5.95. The standard InChI is InChI=1S/C14H18O3/c1-9-3-4-10(2)12(5-9)13(14(15)16)6-11-7-17-8-11/h3-5,11,13H,6-8H2,1-2H3,(H,15,16). The smallest absolute Gasteiger partial charge is 0.310 e. The second kappa shape index (κ2) is 4.88. The third-order valence-corrected chi connectivity index (χ3v) is 3.38. The van der Waals surface area contributed by atoms with Gasteiger partial charge >= 0.3 is 5.97 Å². The average Bonchev–Trinajstić information content (AvgIpc) is 2.20. The maximum absolute atomic E-state index is 11.4. The van der Waals surface area contributed by atoms with Gasteiger partial charge in [-0.05, 0) is 31.4 Å². The van der Waals surface area contributed by atoms with Crippen molar-refractivity contribution >= 4 is 5.97 Å². The van der Waals surface area contributed by atoms with Crippen LogP contribution >= 0.6 is 0 Å². The van der Waals surface area contributed by atoms with E-state index in [2.05, 4.69) is 0 Å². The van der Waals surface area contributed by atoms with Gasteiger partial charge in [0, 0.05) is 5.92 Å². The molecule has 1 fully saturated rings. The molecule has 1 unspecified atom stereocenters. The summed E-state index contributed by atoms with van der Waals surface area (Å²) in [6.07, 6.45) is 0.680. The van der Waals surface area contributed by atoms with Crippen LogP contribution in [0.5, 0.6) is 0 Å². The fourth-order valence-electron chi connectivity index (χ4n) is 2.25. The Bertz CT molecular complexity index is 421. The molecule has 0 aromatic heterocycles. The Labute approximate surface area is 101 Å². The lowest BCUT2D eigenvalue weighted by Crippen LogP contribution is -2.31. The number of hydrogen-bond acceptors (Lipinski definition) is 2. The molecule has 1 N–H and O–H groups in total. The van der Waals surface area contributed by atoms with Crippen molar-refractivity contribution in [3.8, 4) is 0 Å². The minimum atomic E-state index is -0.731. The topological polar surface area (TPSA) is 46.5 Å². The summed E-state index contributed by atoms with van der Waals surface area (Å²) in [6.45, 7) is 5.37. The first-order chi connectivity index (χ1) is 8.08. The molecule has 1 saturated heterocycles. The maximum atomic E-state index is 11.4. The molecular weight excluding hydrogens is 216 g/mol. The molecule has 0 saturated carbocycles. The van der Waals surface area contributed by atoms with E-state index in [4.69, 9.17) is 4.74 Å². The third-order valence-electron chi connectivity index (χ3n) is 3.38. The van der Waals surface area contributed by atoms with Crippen LogP contribution in [0.25, 0.3) is 0 Å². The average molecular weight is 234 g/mol. The zero-order valence-corrected chi connectivity index (χ0v) is 10.3. The number of benzene rings is 1. The van der Waals surface area contributed by atoms with E-state index in [1.54, 1.807) is 0 Å². The minimum absolute atomic E-state index is 0.399. The molecule has 1 aliphatic rings. The fraction of sp³-hybridized carbons (Fsp3) is 0.500. The van der Waals surface area contributed by atoms with Crippen LogP contribution in [-0.4, -0.2) is 24.3 Å². The Hall–Kier alpha value is -1.35. The van der Waals surface area contributed by atoms with Crippen molar-refractivity contribution < 1.29 is 14.6 Å². The van der Waals surface area contributed by atoms with Crippen molar-refractivity contribution in [1.29, 1.82) is 0 Å². The number of rotatable bonds is 4. The van der Waals surface area contributed by atoms with E-state index >= 15 is 0 Å². The molecule has 0 radical (unpaired) electrons. The predicted octanol–water partition coefficient (Wildman–Crippen LogP) is 2.51. The van der Waals surface area contributed by atoms with Crippen LogP contribution < -0.4 is 0 Å². The van der Waals surface area contributed by atoms with Gasteiger partial charge in [0.25, 0.3) is 0 Å². The van der Waals surface area contributed by atoms with Crippen LogP contribution in [0.4, 0.5) is 0 Å². The van der Waals surface area contributed by atoms with E-state index in [1.165, 1.54) is 0 Å². The molecule has 1 aromatic carbocycles. The molecule has 1 atom stereocenters. The van der Waals surface area contributed by atoms with Gasteiger partial charge in [-0.25, -0.2) is 0 Å². The lowest BCUT2D eigenvalue weighted by atomic mass is 9.85. The zero-order valence-electron chi connectivity index (χ0n) is 10.3. The van der Waals surface area contributed by atoms with Crippen molar-refractivity contribution in [3.63, 3.8) is 0 Å². The Balaban J connectivity index is 2.24. The maximum Gasteiger partial charge on any atom is 0.310 e. The van der Waals surface area contributed by atoms with Crippen LogP contribution in [0.1, 0.15) is 29.0 Å². The number of carboxylic acid groups (broad SMARTS) is 1. The second-order valence-corrected chi connectivity index (χ2v) is 4.89. The van der Waals surface area contributed by atoms with E-state index in [1.807, 2.05) is 32.0 Å². The molecule has 0 spiro atoms. The quantitative estimate of drug-likeness (QED) is 0.870. The van der Waals surface area contributed by atoms with Crippen molar-refractivity contribution in [2.45, 2.75) is 26.2 Å². The largest absolute Gasteiger partial charge is 0.481 e. The highest BCUT2D eigenvalue weighted by molar-refractivity contribution is 5.76. The summed E-state index contributed by atoms with van der Waals surface area (Å²) in [7, 11) is 0. The van der Waals surface area contributed by atoms with Crippen LogP contribution in [0, 0.1) is 19.8 Å². The summed E-state index contributed by atoms with van der Waals surface area (Å²) in [5.74, 6) is -0.731. The normalized spacial score (nSPS) is 17.5. The van der Waals surface area contributed by atoms with Crippen LogP contribution in [0.2, 0.25) is 0 Å². The Morgan fingerprint density at radius 1 is 1.47 bits per heavy atom. The third kappa shape index (κ3) is 2.67. The van der Waals surface area contributed by atoms with Crippen molar-refractivity contribution in [3.05, 3.63) is 34.9 Å². The zero-order chi connectivity index (χ0) is 12.4. The number of carbonyl (C=O) groups is 1. The Morgan fingerprint density at radius 2 is 2.18 bits per heavy atom. The van der Waals surface area contributed by atoms with Gasteiger partial charge in [-0.1, -0.05) is 23.8 Å². The molecule has 0 bridgehead atoms. The van der Waals surface area contributed by atoms with Gasteiger partial charge in [0.2, 0.25) is 0 Å². The molecule has 92 valence electrons. The fourth-order valence-corrected chi connectivity index (χ4v) is 2.25. The second-order valence-electron chi connectivity index (χ2n) is 4.89. The molecule has 3 heteroatoms. The summed E-state index contributed by atoms with van der Waals surface area (Å²) >= 11 is 0. The highest BCUT2D eigenvalue weighted by atomic mass is 16.5. The number of carboxylic acids is 1. The van der Waals surface area contributed by atoms with Gasteiger partial charge in [-0.15, -0.1) is 0 Å². The summed E-state index contributed by atoms with van der Waals surface area (Å²) in [6, 6.07) is 6.01. The lowest BCUT2D eigenvalue weighted by molar-refractivity contribution is -0.140. The summed E-state index contributed by atoms with van der Waals surface area (Å²) in [4.78, 5) is 11.4. The molecule has 3 nitrogen and oxygen atoms in total. The molecule has 1 aliphatic heterocycles. The lowest BCUT2D eigenvalue weighted by Gasteiger charge is -2.29. The monoisotopic (exact) mass is 234 g/mol. The molecule has 1 aromatic rings. The van der Waals surface area contributed by atoms with E-state index in [-0.39, 0.29) is 0 Å². The first-order valence-electron chi connectivity index (χ1n) is 5.95. The van der Waals surface area contributed by atoms with Gasteiger partial charge in [-0.3, -0.25) is 4.79 Å². The molecule has 17 heavy (non-hydrogen) atoms. The summed E-state index contributed by atoms with van der Waals surface area (Å²) in [5.41, 5.74) is 3.12. The first kappa shape index (κ1) is 12.1. The highest BCUT2D eigenvalue weighted by Gasteiger charge is 2.29. The summed E-state index contributed by atoms with van der Waals surface area (Å²) in [5, 5.41) is 9.37. The number of hydrogen-bond donors (Lipinski definition) is 1. The van der Waals surface area contributed by atoms with Gasteiger partial charge in [0.15, 0.2) is 0 Å². The number of aliphatic carboxylic acids is 1. The summed E-state index contributed by atoms with van der Waals surface area (Å²) < 4.78 is 5.11. The van der Waals surface area contributed by atoms with E-state index in [0.29, 0.717) is 25.6 Å². The van der Waals surface area contributed by atoms with Gasteiger partial charge in [0.1, 0.15) is 0 Å². The van der Waals surface area contributed by atoms with E-state index < -0.39 is 11.9 Å². The highest BCUT2D eigenvalue weighted by Crippen LogP contribution is 2.30. The number of aryl methyl sites for hydroxylation is 2. The van der Waals surface area contributed by atoms with Gasteiger partial charge < -0.3 is 9.84 Å². The van der Waals surface area contributed by atoms with Gasteiger partial charge in [-0.2, -0.15) is 0 Å². The Morgan fingerprint density at radius 3 is 2.71 bits per heavy atom. The van der Waals surface area contributed by atoms with E-state index in [0.717, 1.165) is 16.7 Å². The van der Waals surface area contributed by atoms with Gasteiger partial charge in [0.05, 0.1) is 19.1 Å². The molecular formula is C14H18O3. The van der Waals surface area contributed by atoms with Crippen molar-refractivity contribution in [2.75, 3.05) is 13.2 Å². The molecule has 0 aliphatic carbocycles. The van der Waals surface area contributed by atoms with Crippen LogP contribution in [0.3, 0.4) is 0 Å². The molecule has 0 amide bonds. The van der Waals surface area contributed by atoms with Crippen molar-refractivity contribution in [2.24, 2.45) is 5.92 Å². The minimum Gasteiger partial charge on any atom is -0.481 e. The van der Waals surface area contributed by atoms with E-state index in [9.17, 15) is 9.90 Å². The number of ether oxygens (including phenoxy) is 1. The Kier molecular flexibility index (Phi) is 3.48. The van der Waals surface area contributed by atoms with Crippen LogP contribution in [0.15, 0.2) is 18.2 Å². The van der Waals surface area contributed by atoms with Crippen LogP contribution in [-0.2, 0) is 9.53 Å².